The van der Waals surface area contributed by atoms with Crippen LogP contribution in [0.5, 0.6) is 5.75 Å². The number of anilines is 2. The Hall–Kier alpha value is -3.12. The van der Waals surface area contributed by atoms with E-state index in [0.717, 1.165) is 17.4 Å². The van der Waals surface area contributed by atoms with Gasteiger partial charge in [-0.3, -0.25) is 0 Å². The van der Waals surface area contributed by atoms with Gasteiger partial charge in [-0.15, -0.1) is 11.3 Å². The summed E-state index contributed by atoms with van der Waals surface area (Å²) in [5.74, 6) is 5.44. The second kappa shape index (κ2) is 12.2. The summed E-state index contributed by atoms with van der Waals surface area (Å²) in [4.78, 5) is 1.82. The third-order valence-corrected chi connectivity index (χ3v) is 8.45. The maximum absolute atomic E-state index is 14.6. The number of piperidine rings is 1. The molecule has 0 spiro atoms. The number of likely N-dealkylation sites (tertiary alicyclic amines) is 1. The van der Waals surface area contributed by atoms with E-state index < -0.39 is 41.7 Å². The molecule has 7 nitrogen and oxygen atoms in total. The molecule has 4 rings (SSSR count). The van der Waals surface area contributed by atoms with Crippen molar-refractivity contribution in [3.8, 4) is 17.6 Å². The van der Waals surface area contributed by atoms with Crippen molar-refractivity contribution in [2.75, 3.05) is 44.2 Å². The molecule has 0 bridgehead atoms. The van der Waals surface area contributed by atoms with Crippen molar-refractivity contribution in [2.45, 2.75) is 36.1 Å². The lowest BCUT2D eigenvalue weighted by atomic mass is 10.0. The van der Waals surface area contributed by atoms with E-state index in [0.29, 0.717) is 28.7 Å². The Labute approximate surface area is 232 Å². The number of nitrogens with one attached hydrogen (secondary N) is 2. The highest BCUT2D eigenvalue weighted by Crippen LogP contribution is 2.39. The third-order valence-electron chi connectivity index (χ3n) is 6.34. The lowest BCUT2D eigenvalue weighted by Gasteiger charge is -2.33. The smallest absolute Gasteiger partial charge is 0.393 e. The van der Waals surface area contributed by atoms with Crippen LogP contribution in [0.1, 0.15) is 16.9 Å². The molecule has 1 aliphatic heterocycles. The van der Waals surface area contributed by atoms with Crippen LogP contribution in [-0.2, 0) is 16.4 Å². The first-order valence-electron chi connectivity index (χ1n) is 12.1. The lowest BCUT2D eigenvalue weighted by Crippen LogP contribution is -2.46. The SMILES string of the molecule is CN1CCC(Nc2cccc3c(CC(F)(F)F)c(C#CCNc4ccc(S(N)(=O)=O)cc4OCF)sc23)C(F)C1. The van der Waals surface area contributed by atoms with E-state index in [9.17, 15) is 30.4 Å². The van der Waals surface area contributed by atoms with E-state index in [4.69, 9.17) is 9.88 Å². The van der Waals surface area contributed by atoms with E-state index in [1.54, 1.807) is 18.2 Å². The minimum Gasteiger partial charge on any atom is -0.461 e. The quantitative estimate of drug-likeness (QED) is 0.251. The van der Waals surface area contributed by atoms with Crippen molar-refractivity contribution in [3.05, 3.63) is 46.8 Å². The zero-order valence-electron chi connectivity index (χ0n) is 21.3. The Morgan fingerprint density at radius 3 is 2.67 bits per heavy atom. The van der Waals surface area contributed by atoms with Gasteiger partial charge in [-0.2, -0.15) is 13.2 Å². The van der Waals surface area contributed by atoms with Gasteiger partial charge in [0.25, 0.3) is 0 Å². The summed E-state index contributed by atoms with van der Waals surface area (Å²) in [6.45, 7) is -0.330. The first kappa shape index (κ1) is 29.9. The van der Waals surface area contributed by atoms with Crippen molar-refractivity contribution >= 4 is 42.8 Å². The van der Waals surface area contributed by atoms with Crippen molar-refractivity contribution in [1.29, 1.82) is 0 Å². The average Bonchev–Trinajstić information content (AvgIpc) is 3.20. The van der Waals surface area contributed by atoms with Gasteiger partial charge in [0.2, 0.25) is 16.9 Å². The molecule has 1 saturated heterocycles. The first-order valence-corrected chi connectivity index (χ1v) is 14.5. The molecule has 0 amide bonds. The number of ether oxygens (including phenoxy) is 1. The molecular formula is C26H27F5N4O3S2. The number of nitrogens with zero attached hydrogens (tertiary/aromatic N) is 1. The van der Waals surface area contributed by atoms with Crippen LogP contribution in [0.25, 0.3) is 10.1 Å². The largest absolute Gasteiger partial charge is 0.461 e. The lowest BCUT2D eigenvalue weighted by molar-refractivity contribution is -0.126. The molecule has 216 valence electrons. The minimum atomic E-state index is -4.48. The molecule has 2 unspecified atom stereocenters. The van der Waals surface area contributed by atoms with Gasteiger partial charge in [-0.1, -0.05) is 24.0 Å². The number of hydrogen-bond acceptors (Lipinski definition) is 7. The van der Waals surface area contributed by atoms with Crippen molar-refractivity contribution < 1.29 is 35.1 Å². The zero-order chi connectivity index (χ0) is 29.1. The van der Waals surface area contributed by atoms with Crippen molar-refractivity contribution in [2.24, 2.45) is 5.14 Å². The summed E-state index contributed by atoms with van der Waals surface area (Å²) in [7, 11) is -2.22. The molecule has 2 atom stereocenters. The van der Waals surface area contributed by atoms with Crippen LogP contribution in [-0.4, -0.2) is 65.3 Å². The van der Waals surface area contributed by atoms with Gasteiger partial charge in [0.15, 0.2) is 0 Å². The monoisotopic (exact) mass is 602 g/mol. The number of primary sulfonamides is 1. The summed E-state index contributed by atoms with van der Waals surface area (Å²) in [6.07, 6.45) is -6.23. The van der Waals surface area contributed by atoms with Crippen LogP contribution < -0.4 is 20.5 Å². The fourth-order valence-electron chi connectivity index (χ4n) is 4.45. The van der Waals surface area contributed by atoms with Crippen LogP contribution in [0.15, 0.2) is 41.3 Å². The molecule has 40 heavy (non-hydrogen) atoms. The number of nitrogens with two attached hydrogens (primary N) is 1. The van der Waals surface area contributed by atoms with Crippen LogP contribution in [0.3, 0.4) is 0 Å². The molecular weight excluding hydrogens is 575 g/mol. The molecule has 0 radical (unpaired) electrons. The number of fused-ring (bicyclic) bond motifs is 1. The highest BCUT2D eigenvalue weighted by molar-refractivity contribution is 7.89. The highest BCUT2D eigenvalue weighted by atomic mass is 32.2. The second-order valence-corrected chi connectivity index (χ2v) is 11.9. The number of thiophene rings is 1. The highest BCUT2D eigenvalue weighted by Gasteiger charge is 2.32. The molecule has 14 heteroatoms. The molecule has 0 aliphatic carbocycles. The summed E-state index contributed by atoms with van der Waals surface area (Å²) in [6, 6.07) is 8.06. The number of halogens is 5. The Balaban J connectivity index is 1.61. The Morgan fingerprint density at radius 2 is 2.00 bits per heavy atom. The predicted molar refractivity (Wildman–Crippen MR) is 146 cm³/mol. The normalized spacial score (nSPS) is 18.3. The van der Waals surface area contributed by atoms with Crippen molar-refractivity contribution in [1.82, 2.24) is 4.90 Å². The number of benzene rings is 2. The van der Waals surface area contributed by atoms with Gasteiger partial charge in [0, 0.05) is 19.2 Å². The maximum atomic E-state index is 14.6. The van der Waals surface area contributed by atoms with Gasteiger partial charge >= 0.3 is 6.18 Å². The number of alkyl halides is 5. The molecule has 2 heterocycles. The molecule has 4 N–H and O–H groups in total. The number of sulfonamides is 1. The van der Waals surface area contributed by atoms with Crippen LogP contribution in [0.2, 0.25) is 0 Å². The van der Waals surface area contributed by atoms with Crippen LogP contribution in [0.4, 0.5) is 33.3 Å². The fraction of sp³-hybridized carbons (Fsp3) is 0.385. The van der Waals surface area contributed by atoms with E-state index in [1.165, 1.54) is 12.1 Å². The van der Waals surface area contributed by atoms with E-state index >= 15 is 0 Å². The Morgan fingerprint density at radius 1 is 1.23 bits per heavy atom. The number of hydrogen-bond donors (Lipinski definition) is 3. The summed E-state index contributed by atoms with van der Waals surface area (Å²) >= 11 is 1.09. The molecule has 0 saturated carbocycles. The van der Waals surface area contributed by atoms with E-state index in [-0.39, 0.29) is 39.9 Å². The van der Waals surface area contributed by atoms with Gasteiger partial charge in [0.05, 0.1) is 44.9 Å². The molecule has 1 aliphatic rings. The number of rotatable bonds is 8. The second-order valence-electron chi connectivity index (χ2n) is 9.31. The zero-order valence-corrected chi connectivity index (χ0v) is 23.0. The minimum absolute atomic E-state index is 0.0304. The fourth-order valence-corrected chi connectivity index (χ4v) is 6.15. The molecule has 1 aromatic heterocycles. The van der Waals surface area contributed by atoms with Crippen molar-refractivity contribution in [3.63, 3.8) is 0 Å². The third kappa shape index (κ3) is 7.34. The van der Waals surface area contributed by atoms with Gasteiger partial charge in [-0.25, -0.2) is 22.3 Å². The standard InChI is InChI=1S/C26H27F5N4O3S2/c1-35-11-9-20(19(28)14-35)34-22-5-2-4-17-18(13-26(29,30)31)24(39-25(17)22)6-3-10-33-21-8-7-16(40(32,36)37)12-23(21)38-15-27/h2,4-5,7-8,12,19-20,33-34H,9-11,13-15H2,1H3,(H2,32,36,37). The molecule has 2 aromatic carbocycles. The van der Waals surface area contributed by atoms with Crippen LogP contribution >= 0.6 is 11.3 Å². The predicted octanol–water partition coefficient (Wildman–Crippen LogP) is 4.88. The van der Waals surface area contributed by atoms with E-state index in [1.807, 2.05) is 11.9 Å². The maximum Gasteiger partial charge on any atom is 0.393 e. The molecule has 3 aromatic rings. The average molecular weight is 603 g/mol. The van der Waals surface area contributed by atoms with Gasteiger partial charge < -0.3 is 20.3 Å². The summed E-state index contributed by atoms with van der Waals surface area (Å²) in [5, 5.41) is 11.5. The van der Waals surface area contributed by atoms with Crippen LogP contribution in [0, 0.1) is 11.8 Å². The van der Waals surface area contributed by atoms with E-state index in [2.05, 4.69) is 22.5 Å². The summed E-state index contributed by atoms with van der Waals surface area (Å²) in [5.41, 5.74) is 0.802. The first-order chi connectivity index (χ1) is 18.9. The Bertz CT molecular complexity index is 1530. The van der Waals surface area contributed by atoms with Gasteiger partial charge in [0.1, 0.15) is 11.9 Å². The van der Waals surface area contributed by atoms with Gasteiger partial charge in [-0.05, 0) is 42.6 Å². The Kier molecular flexibility index (Phi) is 9.09. The molecule has 1 fully saturated rings. The topological polar surface area (TPSA) is 96.7 Å². The summed E-state index contributed by atoms with van der Waals surface area (Å²) < 4.78 is 96.5.